The van der Waals surface area contributed by atoms with Crippen molar-refractivity contribution in [3.8, 4) is 0 Å². The Morgan fingerprint density at radius 1 is 1.42 bits per heavy atom. The molecule has 0 aliphatic carbocycles. The number of amides is 1. The molecule has 110 valence electrons. The second-order valence-electron chi connectivity index (χ2n) is 3.73. The van der Waals surface area contributed by atoms with Crippen molar-refractivity contribution in [3.63, 3.8) is 0 Å². The van der Waals surface area contributed by atoms with Crippen molar-refractivity contribution in [2.45, 2.75) is 13.1 Å². The van der Waals surface area contributed by atoms with Crippen molar-refractivity contribution in [2.75, 3.05) is 33.2 Å². The second kappa shape index (κ2) is 8.39. The smallest absolute Gasteiger partial charge is 0.357 e. The van der Waals surface area contributed by atoms with E-state index in [0.29, 0.717) is 23.9 Å². The SMILES string of the molecule is C=CCNC(=NCC(=O)N(C)CC(F)(F)F)NCC. The Kier molecular flexibility index (Phi) is 7.62. The first kappa shape index (κ1) is 17.3. The summed E-state index contributed by atoms with van der Waals surface area (Å²) in [5.41, 5.74) is 0. The highest BCUT2D eigenvalue weighted by atomic mass is 19.4. The summed E-state index contributed by atoms with van der Waals surface area (Å²) in [5.74, 6) is -0.343. The van der Waals surface area contributed by atoms with Crippen LogP contribution in [0.5, 0.6) is 0 Å². The number of rotatable bonds is 6. The van der Waals surface area contributed by atoms with E-state index in [2.05, 4.69) is 22.2 Å². The van der Waals surface area contributed by atoms with Gasteiger partial charge in [-0.2, -0.15) is 13.2 Å². The molecule has 0 saturated carbocycles. The van der Waals surface area contributed by atoms with Crippen molar-refractivity contribution < 1.29 is 18.0 Å². The first-order valence-electron chi connectivity index (χ1n) is 5.74. The number of likely N-dealkylation sites (N-methyl/N-ethyl adjacent to an activating group) is 1. The normalized spacial score (nSPS) is 11.9. The molecular weight excluding hydrogens is 261 g/mol. The molecule has 8 heteroatoms. The summed E-state index contributed by atoms with van der Waals surface area (Å²) in [6.45, 7) is 4.74. The van der Waals surface area contributed by atoms with Crippen LogP contribution in [0, 0.1) is 0 Å². The molecule has 0 bridgehead atoms. The molecule has 19 heavy (non-hydrogen) atoms. The van der Waals surface area contributed by atoms with Gasteiger partial charge in [0.2, 0.25) is 5.91 Å². The molecule has 0 rings (SSSR count). The monoisotopic (exact) mass is 280 g/mol. The maximum Gasteiger partial charge on any atom is 0.406 e. The Bertz CT molecular complexity index is 328. The van der Waals surface area contributed by atoms with E-state index < -0.39 is 18.6 Å². The molecule has 0 fully saturated rings. The molecule has 0 aromatic rings. The third-order valence-corrected chi connectivity index (χ3v) is 1.97. The lowest BCUT2D eigenvalue weighted by molar-refractivity contribution is -0.157. The van der Waals surface area contributed by atoms with E-state index in [0.717, 1.165) is 7.05 Å². The molecule has 0 aromatic carbocycles. The third kappa shape index (κ3) is 8.92. The first-order valence-corrected chi connectivity index (χ1v) is 5.74. The largest absolute Gasteiger partial charge is 0.406 e. The number of carbonyl (C=O) groups excluding carboxylic acids is 1. The summed E-state index contributed by atoms with van der Waals surface area (Å²) in [7, 11) is 1.09. The molecular formula is C11H19F3N4O. The van der Waals surface area contributed by atoms with Crippen molar-refractivity contribution in [1.82, 2.24) is 15.5 Å². The van der Waals surface area contributed by atoms with Crippen LogP contribution >= 0.6 is 0 Å². The first-order chi connectivity index (χ1) is 8.80. The number of halogens is 3. The zero-order chi connectivity index (χ0) is 14.9. The zero-order valence-corrected chi connectivity index (χ0v) is 11.0. The summed E-state index contributed by atoms with van der Waals surface area (Å²) in [6, 6.07) is 0. The fraction of sp³-hybridized carbons (Fsp3) is 0.636. The summed E-state index contributed by atoms with van der Waals surface area (Å²) in [5, 5.41) is 5.70. The Morgan fingerprint density at radius 2 is 2.05 bits per heavy atom. The fourth-order valence-corrected chi connectivity index (χ4v) is 1.14. The molecule has 0 aliphatic rings. The lowest BCUT2D eigenvalue weighted by Crippen LogP contribution is -2.40. The number of hydrogen-bond donors (Lipinski definition) is 2. The summed E-state index contributed by atoms with van der Waals surface area (Å²) < 4.78 is 36.3. The quantitative estimate of drug-likeness (QED) is 0.429. The molecule has 5 nitrogen and oxygen atoms in total. The van der Waals surface area contributed by atoms with E-state index in [1.54, 1.807) is 6.08 Å². The van der Waals surface area contributed by atoms with Crippen molar-refractivity contribution in [1.29, 1.82) is 0 Å². The molecule has 0 aliphatic heterocycles. The van der Waals surface area contributed by atoms with Crippen LogP contribution in [-0.4, -0.2) is 56.2 Å². The van der Waals surface area contributed by atoms with E-state index in [-0.39, 0.29) is 6.54 Å². The molecule has 0 radical (unpaired) electrons. The van der Waals surface area contributed by atoms with Crippen molar-refractivity contribution in [2.24, 2.45) is 4.99 Å². The Hall–Kier alpha value is -1.73. The fourth-order valence-electron chi connectivity index (χ4n) is 1.14. The van der Waals surface area contributed by atoms with Crippen LogP contribution in [-0.2, 0) is 4.79 Å². The number of nitrogens with one attached hydrogen (secondary N) is 2. The molecule has 0 unspecified atom stereocenters. The van der Waals surface area contributed by atoms with E-state index in [9.17, 15) is 18.0 Å². The van der Waals surface area contributed by atoms with Crippen molar-refractivity contribution in [3.05, 3.63) is 12.7 Å². The Balaban J connectivity index is 4.38. The lowest BCUT2D eigenvalue weighted by atomic mass is 10.5. The van der Waals surface area contributed by atoms with Gasteiger partial charge in [0.15, 0.2) is 5.96 Å². The lowest BCUT2D eigenvalue weighted by Gasteiger charge is -2.18. The van der Waals surface area contributed by atoms with Gasteiger partial charge in [-0.3, -0.25) is 4.79 Å². The summed E-state index contributed by atoms with van der Waals surface area (Å²) in [4.78, 5) is 15.9. The summed E-state index contributed by atoms with van der Waals surface area (Å²) in [6.07, 6.45) is -2.80. The minimum absolute atomic E-state index is 0.348. The maximum atomic E-state index is 12.1. The van der Waals surface area contributed by atoms with Crippen molar-refractivity contribution >= 4 is 11.9 Å². The molecule has 0 atom stereocenters. The van der Waals surface area contributed by atoms with Gasteiger partial charge in [-0.15, -0.1) is 6.58 Å². The van der Waals surface area contributed by atoms with Crippen LogP contribution in [0.4, 0.5) is 13.2 Å². The van der Waals surface area contributed by atoms with E-state index >= 15 is 0 Å². The standard InChI is InChI=1S/C11H19F3N4O/c1-4-6-16-10(15-5-2)17-7-9(19)18(3)8-11(12,13)14/h4H,1,5-8H2,2-3H3,(H2,15,16,17). The molecule has 2 N–H and O–H groups in total. The number of alkyl halides is 3. The predicted octanol–water partition coefficient (Wildman–Crippen LogP) is 0.748. The second-order valence-corrected chi connectivity index (χ2v) is 3.73. The average molecular weight is 280 g/mol. The van der Waals surface area contributed by atoms with Gasteiger partial charge in [0.05, 0.1) is 0 Å². The van der Waals surface area contributed by atoms with Gasteiger partial charge in [0, 0.05) is 20.1 Å². The number of guanidine groups is 1. The number of carbonyl (C=O) groups is 1. The molecule has 1 amide bonds. The van der Waals surface area contributed by atoms with E-state index in [1.807, 2.05) is 6.92 Å². The molecule has 0 spiro atoms. The van der Waals surface area contributed by atoms with E-state index in [4.69, 9.17) is 0 Å². The van der Waals surface area contributed by atoms with Crippen LogP contribution in [0.3, 0.4) is 0 Å². The maximum absolute atomic E-state index is 12.1. The van der Waals surface area contributed by atoms with Crippen LogP contribution in [0.1, 0.15) is 6.92 Å². The van der Waals surface area contributed by atoms with Crippen LogP contribution < -0.4 is 10.6 Å². The van der Waals surface area contributed by atoms with Crippen LogP contribution in [0.2, 0.25) is 0 Å². The van der Waals surface area contributed by atoms with Gasteiger partial charge in [-0.25, -0.2) is 4.99 Å². The van der Waals surface area contributed by atoms with Gasteiger partial charge < -0.3 is 15.5 Å². The topological polar surface area (TPSA) is 56.7 Å². The minimum atomic E-state index is -4.40. The molecule has 0 saturated heterocycles. The number of hydrogen-bond acceptors (Lipinski definition) is 2. The van der Waals surface area contributed by atoms with Crippen LogP contribution in [0.25, 0.3) is 0 Å². The Morgan fingerprint density at radius 3 is 2.53 bits per heavy atom. The highest BCUT2D eigenvalue weighted by Gasteiger charge is 2.30. The van der Waals surface area contributed by atoms with Gasteiger partial charge in [0.1, 0.15) is 13.1 Å². The number of nitrogens with zero attached hydrogens (tertiary/aromatic N) is 2. The van der Waals surface area contributed by atoms with Gasteiger partial charge >= 0.3 is 6.18 Å². The van der Waals surface area contributed by atoms with Gasteiger partial charge in [-0.1, -0.05) is 6.08 Å². The molecule has 0 heterocycles. The minimum Gasteiger partial charge on any atom is -0.357 e. The summed E-state index contributed by atoms with van der Waals surface area (Å²) >= 11 is 0. The van der Waals surface area contributed by atoms with Gasteiger partial charge in [0.25, 0.3) is 0 Å². The highest BCUT2D eigenvalue weighted by Crippen LogP contribution is 2.15. The molecule has 0 aromatic heterocycles. The third-order valence-electron chi connectivity index (χ3n) is 1.97. The zero-order valence-electron chi connectivity index (χ0n) is 11.0. The number of aliphatic imine (C=N–C) groups is 1. The Labute approximate surface area is 110 Å². The predicted molar refractivity (Wildman–Crippen MR) is 67.9 cm³/mol. The highest BCUT2D eigenvalue weighted by molar-refractivity contribution is 5.84. The average Bonchev–Trinajstić information content (AvgIpc) is 2.30. The van der Waals surface area contributed by atoms with Crippen LogP contribution in [0.15, 0.2) is 17.6 Å². The van der Waals surface area contributed by atoms with E-state index in [1.165, 1.54) is 0 Å². The van der Waals surface area contributed by atoms with Gasteiger partial charge in [-0.05, 0) is 6.92 Å².